The summed E-state index contributed by atoms with van der Waals surface area (Å²) in [6, 6.07) is 3.32. The van der Waals surface area contributed by atoms with Crippen LogP contribution in [0, 0.1) is 6.92 Å². The van der Waals surface area contributed by atoms with E-state index in [1.165, 1.54) is 13.0 Å². The summed E-state index contributed by atoms with van der Waals surface area (Å²) in [4.78, 5) is 21.7. The highest BCUT2D eigenvalue weighted by atomic mass is 19.3. The summed E-state index contributed by atoms with van der Waals surface area (Å²) >= 11 is 0. The molecule has 4 nitrogen and oxygen atoms in total. The normalized spacial score (nSPS) is 11.5. The van der Waals surface area contributed by atoms with Crippen LogP contribution in [0.3, 0.4) is 0 Å². The molecule has 0 aliphatic carbocycles. The average Bonchev–Trinajstić information content (AvgIpc) is 2.30. The molecule has 0 spiro atoms. The van der Waals surface area contributed by atoms with Crippen molar-refractivity contribution in [1.29, 1.82) is 0 Å². The third kappa shape index (κ3) is 3.21. The van der Waals surface area contributed by atoms with E-state index in [0.717, 1.165) is 12.1 Å². The Morgan fingerprint density at radius 1 is 1.32 bits per heavy atom. The second kappa shape index (κ2) is 5.25. The van der Waals surface area contributed by atoms with Gasteiger partial charge in [-0.2, -0.15) is 8.78 Å². The predicted molar refractivity (Wildman–Crippen MR) is 57.7 cm³/mol. The summed E-state index contributed by atoms with van der Waals surface area (Å²) in [5.74, 6) is -8.36. The Bertz CT molecular complexity index is 517. The quantitative estimate of drug-likeness (QED) is 0.832. The van der Waals surface area contributed by atoms with Crippen LogP contribution in [0.25, 0.3) is 0 Å². The van der Waals surface area contributed by atoms with Crippen LogP contribution >= 0.6 is 0 Å². The van der Waals surface area contributed by atoms with Gasteiger partial charge in [0.1, 0.15) is 0 Å². The number of carbonyl (C=O) groups excluding carboxylic acids is 1. The SMILES string of the molecule is Cc1ccc(NC(=O)C(F)(F)C(F)F)cc1C(=O)O. The Kier molecular flexibility index (Phi) is 4.13. The van der Waals surface area contributed by atoms with Gasteiger partial charge in [0.25, 0.3) is 0 Å². The maximum atomic E-state index is 12.7. The molecule has 0 unspecified atom stereocenters. The van der Waals surface area contributed by atoms with E-state index in [9.17, 15) is 27.2 Å². The number of alkyl halides is 4. The zero-order valence-electron chi connectivity index (χ0n) is 9.58. The monoisotopic (exact) mass is 279 g/mol. The molecule has 1 aromatic rings. The van der Waals surface area contributed by atoms with Crippen molar-refractivity contribution < 1.29 is 32.3 Å². The minimum Gasteiger partial charge on any atom is -0.478 e. The summed E-state index contributed by atoms with van der Waals surface area (Å²) in [6.45, 7) is 1.46. The van der Waals surface area contributed by atoms with E-state index >= 15 is 0 Å². The first kappa shape index (κ1) is 14.9. The van der Waals surface area contributed by atoms with E-state index in [1.54, 1.807) is 5.32 Å². The molecular weight excluding hydrogens is 270 g/mol. The summed E-state index contributed by atoms with van der Waals surface area (Å²) in [5.41, 5.74) is -0.183. The van der Waals surface area contributed by atoms with Crippen LogP contribution in [0.2, 0.25) is 0 Å². The van der Waals surface area contributed by atoms with Crippen LogP contribution in [-0.4, -0.2) is 29.3 Å². The lowest BCUT2D eigenvalue weighted by atomic mass is 10.1. The molecule has 1 amide bonds. The maximum Gasteiger partial charge on any atom is 0.383 e. The molecule has 2 N–H and O–H groups in total. The molecule has 0 aliphatic rings. The summed E-state index contributed by atoms with van der Waals surface area (Å²) < 4.78 is 49.2. The number of halogens is 4. The minimum absolute atomic E-state index is 0.224. The largest absolute Gasteiger partial charge is 0.478 e. The van der Waals surface area contributed by atoms with Crippen LogP contribution in [0.1, 0.15) is 15.9 Å². The number of aromatic carboxylic acids is 1. The molecule has 1 rings (SSSR count). The van der Waals surface area contributed by atoms with E-state index in [2.05, 4.69) is 0 Å². The van der Waals surface area contributed by atoms with Crippen LogP contribution < -0.4 is 5.32 Å². The van der Waals surface area contributed by atoms with Gasteiger partial charge in [-0.3, -0.25) is 4.79 Å². The van der Waals surface area contributed by atoms with E-state index in [-0.39, 0.29) is 11.3 Å². The summed E-state index contributed by atoms with van der Waals surface area (Å²) in [5, 5.41) is 10.3. The molecule has 0 bridgehead atoms. The van der Waals surface area contributed by atoms with Crippen molar-refractivity contribution in [2.45, 2.75) is 19.3 Å². The molecule has 1 aromatic carbocycles. The smallest absolute Gasteiger partial charge is 0.383 e. The molecule has 0 aliphatic heterocycles. The van der Waals surface area contributed by atoms with Gasteiger partial charge in [-0.15, -0.1) is 0 Å². The molecule has 0 aromatic heterocycles. The fourth-order valence-electron chi connectivity index (χ4n) is 1.24. The molecular formula is C11H9F4NO3. The van der Waals surface area contributed by atoms with Crippen LogP contribution in [0.5, 0.6) is 0 Å². The molecule has 0 fully saturated rings. The Labute approximate surface area is 105 Å². The number of anilines is 1. The highest BCUT2D eigenvalue weighted by Crippen LogP contribution is 2.25. The third-order valence-electron chi connectivity index (χ3n) is 2.30. The second-order valence-corrected chi connectivity index (χ2v) is 3.71. The van der Waals surface area contributed by atoms with Gasteiger partial charge in [0.15, 0.2) is 0 Å². The van der Waals surface area contributed by atoms with E-state index in [0.29, 0.717) is 5.56 Å². The predicted octanol–water partition coefficient (Wildman–Crippen LogP) is 2.53. The Morgan fingerprint density at radius 3 is 2.37 bits per heavy atom. The van der Waals surface area contributed by atoms with Gasteiger partial charge >= 0.3 is 24.2 Å². The molecule has 8 heteroatoms. The molecule has 0 heterocycles. The van der Waals surface area contributed by atoms with Gasteiger partial charge < -0.3 is 10.4 Å². The fourth-order valence-corrected chi connectivity index (χ4v) is 1.24. The molecule has 0 saturated heterocycles. The lowest BCUT2D eigenvalue weighted by Crippen LogP contribution is -2.41. The number of carboxylic acids is 1. The zero-order valence-corrected chi connectivity index (χ0v) is 9.58. The standard InChI is InChI=1S/C11H9F4NO3/c1-5-2-3-6(4-7(5)8(17)18)16-10(19)11(14,15)9(12)13/h2-4,9H,1H3,(H,16,19)(H,17,18). The van der Waals surface area contributed by atoms with Crippen molar-refractivity contribution in [2.75, 3.05) is 5.32 Å². The number of carbonyl (C=O) groups is 2. The second-order valence-electron chi connectivity index (χ2n) is 3.71. The van der Waals surface area contributed by atoms with Crippen LogP contribution in [0.15, 0.2) is 18.2 Å². The van der Waals surface area contributed by atoms with Crippen LogP contribution in [-0.2, 0) is 4.79 Å². The Balaban J connectivity index is 2.98. The Morgan fingerprint density at radius 2 is 1.89 bits per heavy atom. The topological polar surface area (TPSA) is 66.4 Å². The minimum atomic E-state index is -4.84. The van der Waals surface area contributed by atoms with Crippen molar-refractivity contribution in [2.24, 2.45) is 0 Å². The zero-order chi connectivity index (χ0) is 14.8. The van der Waals surface area contributed by atoms with E-state index in [4.69, 9.17) is 5.11 Å². The van der Waals surface area contributed by atoms with Crippen molar-refractivity contribution in [3.05, 3.63) is 29.3 Å². The number of hydrogen-bond acceptors (Lipinski definition) is 2. The lowest BCUT2D eigenvalue weighted by molar-refractivity contribution is -0.163. The number of hydrogen-bond donors (Lipinski definition) is 2. The molecule has 19 heavy (non-hydrogen) atoms. The summed E-state index contributed by atoms with van der Waals surface area (Å²) in [6.07, 6.45) is -4.14. The van der Waals surface area contributed by atoms with Gasteiger partial charge in [-0.25, -0.2) is 13.6 Å². The van der Waals surface area contributed by atoms with Crippen molar-refractivity contribution in [3.63, 3.8) is 0 Å². The number of amides is 1. The van der Waals surface area contributed by atoms with Gasteiger partial charge in [-0.1, -0.05) is 6.07 Å². The first-order valence-corrected chi connectivity index (χ1v) is 4.97. The molecule has 0 saturated carbocycles. The third-order valence-corrected chi connectivity index (χ3v) is 2.30. The molecule has 0 atom stereocenters. The van der Waals surface area contributed by atoms with Crippen LogP contribution in [0.4, 0.5) is 23.2 Å². The number of benzene rings is 1. The Hall–Kier alpha value is -2.12. The van der Waals surface area contributed by atoms with Gasteiger partial charge in [-0.05, 0) is 24.6 Å². The van der Waals surface area contributed by atoms with Gasteiger partial charge in [0.2, 0.25) is 0 Å². The van der Waals surface area contributed by atoms with Crippen molar-refractivity contribution in [3.8, 4) is 0 Å². The maximum absolute atomic E-state index is 12.7. The van der Waals surface area contributed by atoms with E-state index in [1.807, 2.05) is 0 Å². The number of nitrogens with one attached hydrogen (secondary N) is 1. The van der Waals surface area contributed by atoms with E-state index < -0.39 is 24.2 Å². The van der Waals surface area contributed by atoms with Gasteiger partial charge in [0, 0.05) is 5.69 Å². The van der Waals surface area contributed by atoms with Crippen molar-refractivity contribution in [1.82, 2.24) is 0 Å². The number of rotatable bonds is 4. The summed E-state index contributed by atoms with van der Waals surface area (Å²) in [7, 11) is 0. The molecule has 0 radical (unpaired) electrons. The fraction of sp³-hybridized carbons (Fsp3) is 0.273. The van der Waals surface area contributed by atoms with Crippen molar-refractivity contribution >= 4 is 17.6 Å². The first-order chi connectivity index (χ1) is 8.66. The number of carboxylic acid groups (broad SMARTS) is 1. The first-order valence-electron chi connectivity index (χ1n) is 4.97. The molecule has 104 valence electrons. The highest BCUT2D eigenvalue weighted by molar-refractivity contribution is 5.98. The number of aryl methyl sites for hydroxylation is 1. The lowest BCUT2D eigenvalue weighted by Gasteiger charge is -2.15. The highest BCUT2D eigenvalue weighted by Gasteiger charge is 2.48. The van der Waals surface area contributed by atoms with Gasteiger partial charge in [0.05, 0.1) is 5.56 Å². The average molecular weight is 279 g/mol.